The van der Waals surface area contributed by atoms with E-state index >= 15 is 0 Å². The summed E-state index contributed by atoms with van der Waals surface area (Å²) in [6.07, 6.45) is 1.42. The Morgan fingerprint density at radius 1 is 1.25 bits per heavy atom. The first-order chi connectivity index (χ1) is 17.0. The number of morpholine rings is 1. The second-order valence-electron chi connectivity index (χ2n) is 9.24. The summed E-state index contributed by atoms with van der Waals surface area (Å²) in [6, 6.07) is 3.14. The summed E-state index contributed by atoms with van der Waals surface area (Å²) in [7, 11) is 0.618. The fraction of sp³-hybridized carbons (Fsp3) is 0.783. The lowest BCUT2D eigenvalue weighted by atomic mass is 10.2. The fourth-order valence-electron chi connectivity index (χ4n) is 3.74. The first-order valence-corrected chi connectivity index (χ1v) is 14.0. The highest BCUT2D eigenvalue weighted by molar-refractivity contribution is 14.1. The first kappa shape index (κ1) is 33.1. The van der Waals surface area contributed by atoms with Crippen molar-refractivity contribution in [3.8, 4) is 6.07 Å². The van der Waals surface area contributed by atoms with E-state index in [1.165, 1.54) is 4.57 Å². The van der Waals surface area contributed by atoms with Gasteiger partial charge < -0.3 is 16.9 Å². The molecule has 1 fully saturated rings. The summed E-state index contributed by atoms with van der Waals surface area (Å²) < 4.78 is 25.6. The van der Waals surface area contributed by atoms with Gasteiger partial charge in [-0.05, 0) is 48.5 Å². The van der Waals surface area contributed by atoms with E-state index in [0.717, 1.165) is 6.54 Å². The molecule has 1 saturated heterocycles. The van der Waals surface area contributed by atoms with Gasteiger partial charge in [0.15, 0.2) is 6.23 Å². The number of H-pyrrole nitrogens is 1. The van der Waals surface area contributed by atoms with Crippen molar-refractivity contribution in [2.45, 2.75) is 85.3 Å². The van der Waals surface area contributed by atoms with Crippen LogP contribution in [0, 0.1) is 18.3 Å². The number of hydrogen-bond donors (Lipinski definition) is 1. The van der Waals surface area contributed by atoms with Crippen LogP contribution in [0.2, 0.25) is 0 Å². The van der Waals surface area contributed by atoms with Crippen LogP contribution in [-0.4, -0.2) is 76.8 Å². The molecule has 1 aromatic heterocycles. The van der Waals surface area contributed by atoms with Crippen LogP contribution in [0.25, 0.3) is 0 Å². The molecule has 1 aliphatic heterocycles. The van der Waals surface area contributed by atoms with Crippen LogP contribution in [0.4, 0.5) is 0 Å². The van der Waals surface area contributed by atoms with E-state index in [4.69, 9.17) is 22.1 Å². The monoisotopic (exact) mass is 641 g/mol. The molecule has 3 unspecified atom stereocenters. The van der Waals surface area contributed by atoms with E-state index in [-0.39, 0.29) is 11.7 Å². The van der Waals surface area contributed by atoms with Crippen LogP contribution in [0.15, 0.2) is 15.8 Å². The van der Waals surface area contributed by atoms with E-state index in [2.05, 4.69) is 62.2 Å². The molecule has 0 aromatic carbocycles. The normalized spacial score (nSPS) is 19.4. The topological polar surface area (TPSA) is 122 Å². The molecule has 2 rings (SSSR count). The second kappa shape index (κ2) is 16.8. The minimum absolute atomic E-state index is 0.109. The molecule has 2 heterocycles. The van der Waals surface area contributed by atoms with Crippen molar-refractivity contribution in [1.82, 2.24) is 19.1 Å². The predicted octanol–water partition coefficient (Wildman–Crippen LogP) is 3.73. The number of halogens is 1. The molecule has 0 amide bonds. The maximum absolute atomic E-state index is 12.0. The maximum atomic E-state index is 12.0. The molecule has 0 radical (unpaired) electrons. The fourth-order valence-corrected chi connectivity index (χ4v) is 5.57. The van der Waals surface area contributed by atoms with Gasteiger partial charge in [0.05, 0.1) is 31.8 Å². The zero-order valence-corrected chi connectivity index (χ0v) is 25.6. The number of nitrogens with zero attached hydrogens (tertiary/aromatic N) is 4. The Kier molecular flexibility index (Phi) is 15.5. The largest absolute Gasteiger partial charge is 0.349 e. The van der Waals surface area contributed by atoms with Crippen molar-refractivity contribution in [2.24, 2.45) is 0 Å². The van der Waals surface area contributed by atoms with E-state index < -0.39 is 20.4 Å². The smallest absolute Gasteiger partial charge is 0.330 e. The highest BCUT2D eigenvalue weighted by atomic mass is 127. The van der Waals surface area contributed by atoms with Crippen molar-refractivity contribution in [1.29, 1.82) is 5.26 Å². The molecule has 3 atom stereocenters. The van der Waals surface area contributed by atoms with Gasteiger partial charge in [0.2, 0.25) is 0 Å². The lowest BCUT2D eigenvalue weighted by Crippen LogP contribution is -2.51. The molecule has 206 valence electrons. The summed E-state index contributed by atoms with van der Waals surface area (Å²) >= 11 is 1.84. The van der Waals surface area contributed by atoms with Crippen LogP contribution in [0.5, 0.6) is 0 Å². The second-order valence-corrected chi connectivity index (χ2v) is 11.4. The zero-order valence-electron chi connectivity index (χ0n) is 22.6. The van der Waals surface area contributed by atoms with Crippen LogP contribution >= 0.6 is 31.5 Å². The Bertz CT molecular complexity index is 927. The van der Waals surface area contributed by atoms with Crippen LogP contribution in [-0.2, 0) is 16.9 Å². The van der Waals surface area contributed by atoms with Crippen molar-refractivity contribution < 1.29 is 16.9 Å². The zero-order chi connectivity index (χ0) is 27.4. The third-order valence-electron chi connectivity index (χ3n) is 5.43. The summed E-state index contributed by atoms with van der Waals surface area (Å²) in [5, 5.41) is 8.43. The van der Waals surface area contributed by atoms with E-state index in [9.17, 15) is 9.59 Å². The van der Waals surface area contributed by atoms with Gasteiger partial charge in [0.1, 0.15) is 23.0 Å². The SMILES string of the molecule is COP(OCCC#N)N(C(C)C)C(C)C.Cc1cn(C2CN(C(C)C)CC(COI)O2)c(=O)[nH]c1=O. The molecule has 11 nitrogen and oxygen atoms in total. The lowest BCUT2D eigenvalue weighted by molar-refractivity contribution is -0.136. The first-order valence-electron chi connectivity index (χ1n) is 12.0. The average Bonchev–Trinajstić information content (AvgIpc) is 2.80. The molecule has 1 N–H and O–H groups in total. The molecule has 1 aliphatic rings. The van der Waals surface area contributed by atoms with Crippen LogP contribution < -0.4 is 11.2 Å². The third-order valence-corrected chi connectivity index (χ3v) is 7.81. The molecule has 0 aliphatic carbocycles. The summed E-state index contributed by atoms with van der Waals surface area (Å²) in [5.74, 6) is 0. The molecule has 0 bridgehead atoms. The van der Waals surface area contributed by atoms with Gasteiger partial charge in [-0.25, -0.2) is 9.46 Å². The van der Waals surface area contributed by atoms with Crippen molar-refractivity contribution in [3.63, 3.8) is 0 Å². The highest BCUT2D eigenvalue weighted by Gasteiger charge is 2.31. The predicted molar refractivity (Wildman–Crippen MR) is 149 cm³/mol. The number of hydrogen-bond acceptors (Lipinski definition) is 9. The molecule has 0 saturated carbocycles. The quantitative estimate of drug-likeness (QED) is 0.219. The Balaban J connectivity index is 0.000000384. The minimum Gasteiger partial charge on any atom is -0.349 e. The molecular formula is C23H41IN5O6P. The number of rotatable bonds is 11. The van der Waals surface area contributed by atoms with Gasteiger partial charge in [-0.3, -0.25) is 19.2 Å². The summed E-state index contributed by atoms with van der Waals surface area (Å²) in [5.41, 5.74) is -0.322. The van der Waals surface area contributed by atoms with Gasteiger partial charge >= 0.3 is 5.69 Å². The number of aryl methyl sites for hydroxylation is 1. The lowest BCUT2D eigenvalue weighted by Gasteiger charge is -2.40. The van der Waals surface area contributed by atoms with Crippen LogP contribution in [0.3, 0.4) is 0 Å². The van der Waals surface area contributed by atoms with Gasteiger partial charge in [0.25, 0.3) is 14.1 Å². The Labute approximate surface area is 229 Å². The van der Waals surface area contributed by atoms with Crippen LogP contribution in [0.1, 0.15) is 59.8 Å². The number of nitriles is 1. The highest BCUT2D eigenvalue weighted by Crippen LogP contribution is 2.44. The number of ether oxygens (including phenoxy) is 1. The molecule has 0 spiro atoms. The van der Waals surface area contributed by atoms with E-state index in [1.54, 1.807) is 20.2 Å². The number of aromatic nitrogens is 2. The average molecular weight is 641 g/mol. The summed E-state index contributed by atoms with van der Waals surface area (Å²) in [4.78, 5) is 28.0. The number of nitrogens with one attached hydrogen (secondary N) is 1. The van der Waals surface area contributed by atoms with Gasteiger partial charge in [-0.1, -0.05) is 0 Å². The minimum atomic E-state index is -1.03. The van der Waals surface area contributed by atoms with Gasteiger partial charge in [-0.2, -0.15) is 5.26 Å². The molecule has 36 heavy (non-hydrogen) atoms. The maximum Gasteiger partial charge on any atom is 0.330 e. The Morgan fingerprint density at radius 3 is 2.39 bits per heavy atom. The summed E-state index contributed by atoms with van der Waals surface area (Å²) in [6.45, 7) is 16.6. The molecule has 13 heteroatoms. The third kappa shape index (κ3) is 10.5. The van der Waals surface area contributed by atoms with E-state index in [1.807, 2.05) is 23.0 Å². The van der Waals surface area contributed by atoms with Crippen molar-refractivity contribution >= 4 is 31.5 Å². The standard InChI is InChI=1S/C13H20IN3O4.C10H21N2O2P/c1-8(2)16-5-10(7-20-14)21-11(6-16)17-4-9(3)12(18)15-13(17)19;1-9(2)12(10(3)4)15(13-5)14-8-6-7-11/h4,8,10-11H,5-7H2,1-3H3,(H,15,18,19);9-10H,6,8H2,1-5H3. The van der Waals surface area contributed by atoms with Gasteiger partial charge in [0, 0.05) is 50.1 Å². The number of aromatic amines is 1. The van der Waals surface area contributed by atoms with E-state index in [0.29, 0.717) is 49.9 Å². The molecular weight excluding hydrogens is 600 g/mol. The molecule has 1 aromatic rings. The van der Waals surface area contributed by atoms with Crippen molar-refractivity contribution in [2.75, 3.05) is 33.4 Å². The Morgan fingerprint density at radius 2 is 1.89 bits per heavy atom. The van der Waals surface area contributed by atoms with Gasteiger partial charge in [-0.15, -0.1) is 0 Å². The Hall–Kier alpha value is -0.910. The van der Waals surface area contributed by atoms with Crippen molar-refractivity contribution in [3.05, 3.63) is 32.6 Å².